The van der Waals surface area contributed by atoms with Crippen LogP contribution in [0.15, 0.2) is 59.5 Å². The van der Waals surface area contributed by atoms with Crippen LogP contribution in [0.1, 0.15) is 33.1 Å². The summed E-state index contributed by atoms with van der Waals surface area (Å²) in [4.78, 5) is 37.2. The molecule has 0 aliphatic rings. The van der Waals surface area contributed by atoms with Gasteiger partial charge < -0.3 is 19.7 Å². The maximum absolute atomic E-state index is 13.1. The number of sulfonamides is 1. The first kappa shape index (κ1) is 33.5. The Morgan fingerprint density at radius 2 is 1.68 bits per heavy atom. The van der Waals surface area contributed by atoms with E-state index in [1.54, 1.807) is 24.3 Å². The molecule has 0 saturated heterocycles. The van der Waals surface area contributed by atoms with E-state index in [1.807, 2.05) is 19.9 Å². The van der Waals surface area contributed by atoms with Crippen LogP contribution in [0.3, 0.4) is 0 Å². The number of amides is 3. The molecule has 2 aromatic rings. The van der Waals surface area contributed by atoms with Crippen LogP contribution in [-0.4, -0.2) is 87.2 Å². The molecule has 0 spiro atoms. The standard InChI is InChI=1S/C27H39N5O8S/c1-5-21(2)28-26(33)31(19-23(20-39-4)40-27(34)29-22-13-7-6-8-14-22)18-12-11-17-30(3)41(37,38)25-16-10-9-15-24(25)32(35)36/h6-10,13-16,21,23H,5,11-12,17-20H2,1-4H3,(H,28,33)(H,29,34)/t21?,23-/m1/s1. The molecule has 0 aliphatic carbocycles. The number of unbranched alkanes of at least 4 members (excludes halogenated alkanes) is 1. The normalized spacial score (nSPS) is 12.8. The summed E-state index contributed by atoms with van der Waals surface area (Å²) in [5, 5.41) is 16.9. The number of urea groups is 1. The number of nitro groups is 1. The van der Waals surface area contributed by atoms with Gasteiger partial charge in [0, 0.05) is 45.0 Å². The zero-order chi connectivity index (χ0) is 30.4. The highest BCUT2D eigenvalue weighted by Gasteiger charge is 2.29. The Balaban J connectivity index is 2.04. The Kier molecular flexibility index (Phi) is 13.5. The first-order valence-corrected chi connectivity index (χ1v) is 14.7. The molecular formula is C27H39N5O8S. The molecule has 0 fully saturated rings. The first-order valence-electron chi connectivity index (χ1n) is 13.3. The van der Waals surface area contributed by atoms with Crippen molar-refractivity contribution in [3.63, 3.8) is 0 Å². The number of anilines is 1. The van der Waals surface area contributed by atoms with E-state index in [4.69, 9.17) is 9.47 Å². The lowest BCUT2D eigenvalue weighted by Gasteiger charge is -2.29. The molecule has 0 heterocycles. The minimum atomic E-state index is -4.10. The van der Waals surface area contributed by atoms with Crippen LogP contribution in [0, 0.1) is 10.1 Å². The Bertz CT molecular complexity index is 1250. The molecule has 2 N–H and O–H groups in total. The number of rotatable bonds is 16. The van der Waals surface area contributed by atoms with E-state index in [0.29, 0.717) is 24.9 Å². The molecule has 14 heteroatoms. The van der Waals surface area contributed by atoms with E-state index < -0.39 is 32.8 Å². The molecule has 0 radical (unpaired) electrons. The number of nitrogens with zero attached hydrogens (tertiary/aromatic N) is 3. The number of para-hydroxylation sites is 2. The monoisotopic (exact) mass is 593 g/mol. The number of nitrogens with one attached hydrogen (secondary N) is 2. The highest BCUT2D eigenvalue weighted by molar-refractivity contribution is 7.89. The Labute approximate surface area is 241 Å². The smallest absolute Gasteiger partial charge is 0.412 e. The summed E-state index contributed by atoms with van der Waals surface area (Å²) in [5.41, 5.74) is 0.0627. The predicted octanol–water partition coefficient (Wildman–Crippen LogP) is 4.07. The van der Waals surface area contributed by atoms with Crippen LogP contribution < -0.4 is 10.6 Å². The summed E-state index contributed by atoms with van der Waals surface area (Å²) in [6.07, 6.45) is 0.0371. The van der Waals surface area contributed by atoms with Crippen molar-refractivity contribution >= 4 is 33.5 Å². The maximum atomic E-state index is 13.1. The molecule has 13 nitrogen and oxygen atoms in total. The minimum absolute atomic E-state index is 0.0443. The lowest BCUT2D eigenvalue weighted by molar-refractivity contribution is -0.387. The number of ether oxygens (including phenoxy) is 2. The fourth-order valence-corrected chi connectivity index (χ4v) is 5.17. The average Bonchev–Trinajstić information content (AvgIpc) is 2.94. The van der Waals surface area contributed by atoms with E-state index in [1.165, 1.54) is 37.3 Å². The van der Waals surface area contributed by atoms with E-state index in [-0.39, 0.29) is 43.2 Å². The second-order valence-corrected chi connectivity index (χ2v) is 11.5. The van der Waals surface area contributed by atoms with E-state index >= 15 is 0 Å². The van der Waals surface area contributed by atoms with Crippen molar-refractivity contribution in [1.29, 1.82) is 0 Å². The van der Waals surface area contributed by atoms with Gasteiger partial charge in [0.05, 0.1) is 18.1 Å². The third-order valence-electron chi connectivity index (χ3n) is 6.24. The van der Waals surface area contributed by atoms with Gasteiger partial charge in [-0.15, -0.1) is 0 Å². The molecule has 0 aromatic heterocycles. The van der Waals surface area contributed by atoms with Crippen LogP contribution in [0.4, 0.5) is 21.0 Å². The number of hydrogen-bond donors (Lipinski definition) is 2. The molecular weight excluding hydrogens is 554 g/mol. The first-order chi connectivity index (χ1) is 19.5. The van der Waals surface area contributed by atoms with Gasteiger partial charge in [-0.25, -0.2) is 22.3 Å². The van der Waals surface area contributed by atoms with Crippen LogP contribution in [-0.2, 0) is 19.5 Å². The van der Waals surface area contributed by atoms with Gasteiger partial charge in [-0.3, -0.25) is 15.4 Å². The van der Waals surface area contributed by atoms with Gasteiger partial charge in [0.15, 0.2) is 4.90 Å². The Morgan fingerprint density at radius 1 is 1.05 bits per heavy atom. The van der Waals surface area contributed by atoms with E-state index in [2.05, 4.69) is 10.6 Å². The predicted molar refractivity (Wildman–Crippen MR) is 154 cm³/mol. The average molecular weight is 594 g/mol. The maximum Gasteiger partial charge on any atom is 0.412 e. The molecule has 2 atom stereocenters. The fraction of sp³-hybridized carbons (Fsp3) is 0.481. The second-order valence-electron chi connectivity index (χ2n) is 9.44. The van der Waals surface area contributed by atoms with Crippen molar-refractivity contribution < 1.29 is 32.4 Å². The molecule has 2 rings (SSSR count). The summed E-state index contributed by atoms with van der Waals surface area (Å²) in [6, 6.07) is 13.5. The van der Waals surface area contributed by atoms with Crippen molar-refractivity contribution in [2.24, 2.45) is 0 Å². The topological polar surface area (TPSA) is 160 Å². The van der Waals surface area contributed by atoms with Crippen LogP contribution >= 0.6 is 0 Å². The third-order valence-corrected chi connectivity index (χ3v) is 8.15. The lowest BCUT2D eigenvalue weighted by atomic mass is 10.2. The van der Waals surface area contributed by atoms with Crippen molar-refractivity contribution in [3.05, 3.63) is 64.7 Å². The SMILES string of the molecule is CCC(C)NC(=O)N(CCCCN(C)S(=O)(=O)c1ccccc1[N+](=O)[O-])C[C@H](COC)OC(=O)Nc1ccccc1. The Morgan fingerprint density at radius 3 is 2.32 bits per heavy atom. The summed E-state index contributed by atoms with van der Waals surface area (Å²) in [6.45, 7) is 4.22. The molecule has 1 unspecified atom stereocenters. The summed E-state index contributed by atoms with van der Waals surface area (Å²) in [7, 11) is -1.28. The number of carbonyl (C=O) groups excluding carboxylic acids is 2. The molecule has 3 amide bonds. The van der Waals surface area contributed by atoms with Gasteiger partial charge in [-0.1, -0.05) is 37.3 Å². The lowest BCUT2D eigenvalue weighted by Crippen LogP contribution is -2.48. The molecule has 41 heavy (non-hydrogen) atoms. The zero-order valence-electron chi connectivity index (χ0n) is 23.8. The van der Waals surface area contributed by atoms with Crippen LogP contribution in [0.25, 0.3) is 0 Å². The largest absolute Gasteiger partial charge is 0.442 e. The minimum Gasteiger partial charge on any atom is -0.442 e. The van der Waals surface area contributed by atoms with Gasteiger partial charge >= 0.3 is 12.1 Å². The number of benzene rings is 2. The van der Waals surface area contributed by atoms with Gasteiger partial charge in [-0.05, 0) is 44.4 Å². The highest BCUT2D eigenvalue weighted by atomic mass is 32.2. The third kappa shape index (κ3) is 10.6. The number of nitro benzene ring substituents is 1. The van der Waals surface area contributed by atoms with Gasteiger partial charge in [-0.2, -0.15) is 0 Å². The molecule has 0 aliphatic heterocycles. The highest BCUT2D eigenvalue weighted by Crippen LogP contribution is 2.25. The number of carbonyl (C=O) groups is 2. The van der Waals surface area contributed by atoms with Crippen LogP contribution in [0.2, 0.25) is 0 Å². The second kappa shape index (κ2) is 16.5. The van der Waals surface area contributed by atoms with Crippen molar-refractivity contribution in [2.75, 3.05) is 45.7 Å². The quantitative estimate of drug-likeness (QED) is 0.167. The van der Waals surface area contributed by atoms with E-state index in [0.717, 1.165) is 10.4 Å². The fourth-order valence-electron chi connectivity index (χ4n) is 3.81. The van der Waals surface area contributed by atoms with Crippen molar-refractivity contribution in [3.8, 4) is 0 Å². The molecule has 2 aromatic carbocycles. The summed E-state index contributed by atoms with van der Waals surface area (Å²) >= 11 is 0. The number of hydrogen-bond acceptors (Lipinski definition) is 8. The molecule has 0 saturated carbocycles. The zero-order valence-corrected chi connectivity index (χ0v) is 24.6. The van der Waals surface area contributed by atoms with Crippen molar-refractivity contribution in [1.82, 2.24) is 14.5 Å². The summed E-state index contributed by atoms with van der Waals surface area (Å²) in [5.74, 6) is 0. The molecule has 226 valence electrons. The summed E-state index contributed by atoms with van der Waals surface area (Å²) < 4.78 is 37.8. The van der Waals surface area contributed by atoms with Gasteiger partial charge in [0.2, 0.25) is 10.0 Å². The number of methoxy groups -OCH3 is 1. The molecule has 0 bridgehead atoms. The van der Waals surface area contributed by atoms with Gasteiger partial charge in [0.25, 0.3) is 5.69 Å². The van der Waals surface area contributed by atoms with E-state index in [9.17, 15) is 28.1 Å². The van der Waals surface area contributed by atoms with Crippen molar-refractivity contribution in [2.45, 2.75) is 50.2 Å². The van der Waals surface area contributed by atoms with Crippen LogP contribution in [0.5, 0.6) is 0 Å². The Hall–Kier alpha value is -3.75. The van der Waals surface area contributed by atoms with Gasteiger partial charge in [0.1, 0.15) is 6.10 Å².